The van der Waals surface area contributed by atoms with Gasteiger partial charge in [-0.2, -0.15) is 4.98 Å². The van der Waals surface area contributed by atoms with Gasteiger partial charge in [-0.3, -0.25) is 24.5 Å². The Morgan fingerprint density at radius 3 is 2.59 bits per heavy atom. The van der Waals surface area contributed by atoms with Gasteiger partial charge in [0.25, 0.3) is 14.1 Å². The van der Waals surface area contributed by atoms with Crippen molar-refractivity contribution in [3.8, 4) is 0 Å². The highest BCUT2D eigenvalue weighted by Crippen LogP contribution is 2.50. The Hall–Kier alpha value is -2.46. The van der Waals surface area contributed by atoms with Gasteiger partial charge in [0.1, 0.15) is 18.8 Å². The summed E-state index contributed by atoms with van der Waals surface area (Å²) in [5.74, 6) is -0.721. The number of methoxy groups -OCH3 is 1. The fraction of sp³-hybridized carbons (Fsp3) is 0.720. The Labute approximate surface area is 233 Å². The summed E-state index contributed by atoms with van der Waals surface area (Å²) in [7, 11) is -0.287. The summed E-state index contributed by atoms with van der Waals surface area (Å²) >= 11 is 0. The lowest BCUT2D eigenvalue weighted by Crippen LogP contribution is -2.39. The van der Waals surface area contributed by atoms with Crippen LogP contribution in [0.4, 0.5) is 5.95 Å². The number of aromatic nitrogens is 4. The lowest BCUT2D eigenvalue weighted by atomic mass is 10.1. The van der Waals surface area contributed by atoms with E-state index in [-0.39, 0.29) is 54.2 Å². The number of nitrogens with zero attached hydrogens (tertiary/aromatic N) is 5. The zero-order valence-electron chi connectivity index (χ0n) is 25.7. The molecule has 0 aromatic carbocycles. The Morgan fingerprint density at radius 1 is 1.33 bits per heavy atom. The van der Waals surface area contributed by atoms with Gasteiger partial charge in [0.2, 0.25) is 18.4 Å². The van der Waals surface area contributed by atoms with E-state index in [1.54, 1.807) is 13.8 Å². The number of hydrogen-bond acceptors (Lipinski definition) is 9. The maximum Gasteiger partial charge on any atom is 0.280 e. The zero-order chi connectivity index (χ0) is 30.6. The minimum absolute atomic E-state index is 0.0157. The van der Waals surface area contributed by atoms with E-state index in [4.69, 9.17) is 27.8 Å². The highest BCUT2D eigenvalue weighted by molar-refractivity contribution is 7.44. The molecular formula is C25H40N7O6P. The van der Waals surface area contributed by atoms with Crippen molar-refractivity contribution in [2.75, 3.05) is 25.6 Å². The maximum atomic E-state index is 12.8. The van der Waals surface area contributed by atoms with Crippen molar-refractivity contribution in [1.29, 1.82) is 0 Å². The number of nitrogens with one attached hydrogen (secondary N) is 2. The van der Waals surface area contributed by atoms with Gasteiger partial charge in [-0.15, -0.1) is 0 Å². The maximum absolute atomic E-state index is 12.8. The normalized spacial score (nSPS) is 23.5. The van der Waals surface area contributed by atoms with Crippen LogP contribution in [0.25, 0.3) is 16.0 Å². The average molecular weight is 568 g/mol. The van der Waals surface area contributed by atoms with Crippen LogP contribution in [0.3, 0.4) is 0 Å². The first-order valence-corrected chi connectivity index (χ1v) is 14.0. The summed E-state index contributed by atoms with van der Waals surface area (Å²) < 4.78 is 45.4. The topological polar surface area (TPSA) is 137 Å². The Kier molecular flexibility index (Phi) is 9.90. The summed E-state index contributed by atoms with van der Waals surface area (Å²) in [4.78, 5) is 39.5. The molecule has 14 heteroatoms. The van der Waals surface area contributed by atoms with E-state index in [1.165, 1.54) is 24.9 Å². The van der Waals surface area contributed by atoms with Crippen LogP contribution in [0.5, 0.6) is 0 Å². The second-order valence-electron chi connectivity index (χ2n) is 9.91. The zero-order valence-corrected chi connectivity index (χ0v) is 24.6. The lowest BCUT2D eigenvalue weighted by molar-refractivity contribution is -0.118. The fourth-order valence-electron chi connectivity index (χ4n) is 4.29. The molecule has 2 unspecified atom stereocenters. The standard InChI is InChI=1S/C25H40N7O6P/c1-10-17-19(38-39(36-12-11-26-8)32(15(4)5)16(6)7)20(35-9)24(37-17)31-13-27-18-21(31)28-25(30-23(18)34)29-22(33)14(2)3/h13-17,19-20,24H,10-12H2,1-7,9H3,(H2,28,29,30,33,34)/t17-,19+,20?,24-,39?/m1/s1/i10D2. The largest absolute Gasteiger partial charge is 0.374 e. The number of carbonyl (C=O) groups is 1. The third kappa shape index (κ3) is 7.01. The molecule has 3 heterocycles. The number of imidazole rings is 1. The van der Waals surface area contributed by atoms with Crippen LogP contribution in [0.2, 0.25) is 0 Å². The minimum atomic E-state index is -1.87. The number of carbonyl (C=O) groups excluding carboxylic acids is 1. The number of aromatic amines is 1. The summed E-state index contributed by atoms with van der Waals surface area (Å²) in [6.45, 7) is 20.3. The molecule has 2 N–H and O–H groups in total. The monoisotopic (exact) mass is 567 g/mol. The smallest absolute Gasteiger partial charge is 0.280 e. The number of rotatable bonds is 13. The van der Waals surface area contributed by atoms with Crippen molar-refractivity contribution in [3.63, 3.8) is 0 Å². The van der Waals surface area contributed by atoms with Crippen LogP contribution in [-0.4, -0.2) is 80.8 Å². The molecule has 216 valence electrons. The Bertz CT molecular complexity index is 1280. The SMILES string of the molecule is [2H]C([2H])(C)[C@H]1O[C@@H](n2cnc3c(=O)[nH]c(NC(=O)C(C)C)nc32)C(OC)[C@H]1OP(OCC[N+]#[C-])N(C(C)C)C(C)C. The average Bonchev–Trinajstić information content (AvgIpc) is 3.44. The van der Waals surface area contributed by atoms with E-state index >= 15 is 0 Å². The molecule has 3 rings (SSSR count). The minimum Gasteiger partial charge on any atom is -0.374 e. The highest BCUT2D eigenvalue weighted by atomic mass is 31.2. The Morgan fingerprint density at radius 2 is 2.03 bits per heavy atom. The molecule has 0 bridgehead atoms. The van der Waals surface area contributed by atoms with E-state index in [0.29, 0.717) is 0 Å². The number of hydrogen-bond donors (Lipinski definition) is 2. The molecule has 2 aromatic heterocycles. The third-order valence-corrected chi connectivity index (χ3v) is 8.21. The van der Waals surface area contributed by atoms with Gasteiger partial charge in [0.15, 0.2) is 17.4 Å². The first-order valence-electron chi connectivity index (χ1n) is 13.9. The second kappa shape index (κ2) is 13.7. The van der Waals surface area contributed by atoms with Crippen molar-refractivity contribution in [2.24, 2.45) is 5.92 Å². The first-order chi connectivity index (χ1) is 19.2. The van der Waals surface area contributed by atoms with Gasteiger partial charge < -0.3 is 23.4 Å². The van der Waals surface area contributed by atoms with Gasteiger partial charge in [0, 0.05) is 27.9 Å². The molecule has 0 saturated carbocycles. The Balaban J connectivity index is 2.06. The quantitative estimate of drug-likeness (QED) is 0.211. The molecule has 0 radical (unpaired) electrons. The summed E-state index contributed by atoms with van der Waals surface area (Å²) in [5.41, 5.74) is -0.421. The molecule has 1 aliphatic heterocycles. The van der Waals surface area contributed by atoms with Gasteiger partial charge in [0.05, 0.1) is 12.4 Å². The van der Waals surface area contributed by atoms with Gasteiger partial charge in [-0.1, -0.05) is 20.8 Å². The van der Waals surface area contributed by atoms with Crippen molar-refractivity contribution in [3.05, 3.63) is 28.1 Å². The van der Waals surface area contributed by atoms with Crippen molar-refractivity contribution >= 4 is 31.5 Å². The molecule has 1 aliphatic rings. The molecule has 1 saturated heterocycles. The lowest BCUT2D eigenvalue weighted by Gasteiger charge is -2.38. The van der Waals surface area contributed by atoms with Crippen LogP contribution >= 0.6 is 8.53 Å². The number of fused-ring (bicyclic) bond motifs is 1. The van der Waals surface area contributed by atoms with E-state index in [9.17, 15) is 9.59 Å². The van der Waals surface area contributed by atoms with Crippen LogP contribution < -0.4 is 10.9 Å². The molecule has 0 aliphatic carbocycles. The highest BCUT2D eigenvalue weighted by Gasteiger charge is 2.49. The van der Waals surface area contributed by atoms with Crippen LogP contribution in [0, 0.1) is 12.5 Å². The predicted molar refractivity (Wildman–Crippen MR) is 148 cm³/mol. The van der Waals surface area contributed by atoms with Gasteiger partial charge in [-0.05, 0) is 34.1 Å². The second-order valence-corrected chi connectivity index (χ2v) is 11.3. The van der Waals surface area contributed by atoms with E-state index in [0.717, 1.165) is 0 Å². The number of anilines is 1. The van der Waals surface area contributed by atoms with Gasteiger partial charge in [-0.25, -0.2) is 16.2 Å². The van der Waals surface area contributed by atoms with Crippen molar-refractivity contribution in [2.45, 2.75) is 91.5 Å². The third-order valence-electron chi connectivity index (χ3n) is 6.08. The molecule has 5 atom stereocenters. The van der Waals surface area contributed by atoms with E-state index in [1.807, 2.05) is 32.4 Å². The molecule has 1 amide bonds. The summed E-state index contributed by atoms with van der Waals surface area (Å²) in [6.07, 6.45) is -4.39. The molecule has 1 fully saturated rings. The fourth-order valence-corrected chi connectivity index (χ4v) is 6.02. The van der Waals surface area contributed by atoms with Crippen LogP contribution in [-0.2, 0) is 23.3 Å². The number of amides is 1. The predicted octanol–water partition coefficient (Wildman–Crippen LogP) is 3.70. The molecular weight excluding hydrogens is 525 g/mol. The molecule has 39 heavy (non-hydrogen) atoms. The van der Waals surface area contributed by atoms with Crippen molar-refractivity contribution < 1.29 is 26.1 Å². The number of ether oxygens (including phenoxy) is 2. The van der Waals surface area contributed by atoms with E-state index < -0.39 is 45.0 Å². The summed E-state index contributed by atoms with van der Waals surface area (Å²) in [5, 5.41) is 2.59. The first kappa shape index (κ1) is 28.1. The van der Waals surface area contributed by atoms with Crippen molar-refractivity contribution in [1.82, 2.24) is 24.2 Å². The van der Waals surface area contributed by atoms with Gasteiger partial charge >= 0.3 is 0 Å². The van der Waals surface area contributed by atoms with E-state index in [2.05, 4.69) is 25.1 Å². The molecule has 13 nitrogen and oxygen atoms in total. The summed E-state index contributed by atoms with van der Waals surface area (Å²) in [6, 6.07) is 0.0518. The van der Waals surface area contributed by atoms with Crippen LogP contribution in [0.1, 0.15) is 63.8 Å². The molecule has 0 spiro atoms. The molecule has 2 aromatic rings. The number of H-pyrrole nitrogens is 1. The van der Waals surface area contributed by atoms with Crippen LogP contribution in [0.15, 0.2) is 11.1 Å².